The summed E-state index contributed by atoms with van der Waals surface area (Å²) in [5.74, 6) is 0. The number of rotatable bonds is 2. The molecule has 0 spiro atoms. The second-order valence-corrected chi connectivity index (χ2v) is 4.31. The van der Waals surface area contributed by atoms with Crippen molar-refractivity contribution in [2.75, 3.05) is 0 Å². The molecule has 0 aliphatic rings. The average Bonchev–Trinajstić information content (AvgIpc) is 1.91. The molecule has 0 aromatic heterocycles. The fourth-order valence-electron chi connectivity index (χ4n) is 0.576. The molecule has 0 fully saturated rings. The number of hydrogen-bond acceptors (Lipinski definition) is 0. The molecule has 1 aromatic carbocycles. The third-order valence-corrected chi connectivity index (χ3v) is 2.81. The van der Waals surface area contributed by atoms with Crippen molar-refractivity contribution in [2.24, 2.45) is 0 Å². The molecule has 0 atom stereocenters. The zero-order valence-electron chi connectivity index (χ0n) is 5.05. The fraction of sp³-hybridized carbons (Fsp3) is 0. The summed E-state index contributed by atoms with van der Waals surface area (Å²) < 4.78 is 3.46. The van der Waals surface area contributed by atoms with Crippen LogP contribution in [0.15, 0.2) is 41.0 Å². The molecule has 1 rings (SSSR count). The molecule has 0 aliphatic heterocycles. The van der Waals surface area contributed by atoms with E-state index < -0.39 is 0 Å². The van der Waals surface area contributed by atoms with E-state index >= 15 is 0 Å². The Balaban J connectivity index is 2.72. The van der Waals surface area contributed by atoms with Gasteiger partial charge in [0.25, 0.3) is 0 Å². The molecule has 0 unspecified atom stereocenters. The van der Waals surface area contributed by atoms with Crippen molar-refractivity contribution in [3.8, 4) is 0 Å². The van der Waals surface area contributed by atoms with E-state index in [2.05, 4.69) is 30.8 Å². The number of halogens is 1. The Bertz CT molecular complexity index is 179. The Kier molecular flexibility index (Phi) is 2.77. The summed E-state index contributed by atoms with van der Waals surface area (Å²) in [6, 6.07) is 10.5. The second kappa shape index (κ2) is 3.67. The second-order valence-electron chi connectivity index (χ2n) is 1.56. The van der Waals surface area contributed by atoms with Crippen LogP contribution in [0.4, 0.5) is 0 Å². The van der Waals surface area contributed by atoms with E-state index in [0.29, 0.717) is 0 Å². The van der Waals surface area contributed by atoms with Crippen LogP contribution in [-0.4, -0.2) is 0 Å². The summed E-state index contributed by atoms with van der Waals surface area (Å²) in [6.45, 7) is 3.70. The van der Waals surface area contributed by atoms with Gasteiger partial charge in [0.05, 0.1) is 0 Å². The molecule has 0 radical (unpaired) electrons. The SMILES string of the molecule is C=C[I-]c1ccccc1. The van der Waals surface area contributed by atoms with Gasteiger partial charge in [-0.2, -0.15) is 0 Å². The minimum absolute atomic E-state index is 0.0938. The van der Waals surface area contributed by atoms with Crippen LogP contribution >= 0.6 is 0 Å². The summed E-state index contributed by atoms with van der Waals surface area (Å²) >= 11 is 0.0938. The average molecular weight is 231 g/mol. The van der Waals surface area contributed by atoms with Gasteiger partial charge in [-0.3, -0.25) is 0 Å². The van der Waals surface area contributed by atoms with E-state index in [9.17, 15) is 0 Å². The summed E-state index contributed by atoms with van der Waals surface area (Å²) in [5.41, 5.74) is 0. The van der Waals surface area contributed by atoms with Gasteiger partial charge < -0.3 is 0 Å². The van der Waals surface area contributed by atoms with Crippen LogP contribution in [-0.2, 0) is 0 Å². The molecule has 0 bridgehead atoms. The molecular formula is C8H8I-. The molecule has 0 N–H and O–H groups in total. The summed E-state index contributed by atoms with van der Waals surface area (Å²) in [4.78, 5) is 0. The molecule has 48 valence electrons. The maximum absolute atomic E-state index is 3.70. The fourth-order valence-corrected chi connectivity index (χ4v) is 1.92. The van der Waals surface area contributed by atoms with E-state index in [1.165, 1.54) is 3.57 Å². The van der Waals surface area contributed by atoms with Crippen molar-refractivity contribution in [2.45, 2.75) is 0 Å². The van der Waals surface area contributed by atoms with Crippen molar-refractivity contribution in [3.05, 3.63) is 44.6 Å². The molecule has 0 nitrogen and oxygen atoms in total. The number of hydrogen-bond donors (Lipinski definition) is 0. The first-order valence-electron chi connectivity index (χ1n) is 2.73. The predicted molar refractivity (Wildman–Crippen MR) is 35.3 cm³/mol. The Morgan fingerprint density at radius 1 is 1.22 bits per heavy atom. The molecule has 0 aliphatic carbocycles. The first-order valence-corrected chi connectivity index (χ1v) is 5.05. The first kappa shape index (κ1) is 6.81. The van der Waals surface area contributed by atoms with Crippen molar-refractivity contribution in [3.63, 3.8) is 0 Å². The van der Waals surface area contributed by atoms with Crippen LogP contribution in [0.25, 0.3) is 0 Å². The van der Waals surface area contributed by atoms with Gasteiger partial charge in [0.15, 0.2) is 0 Å². The minimum atomic E-state index is 0.0938. The van der Waals surface area contributed by atoms with Gasteiger partial charge in [-0.1, -0.05) is 0 Å². The Morgan fingerprint density at radius 3 is 2.44 bits per heavy atom. The van der Waals surface area contributed by atoms with Gasteiger partial charge in [-0.25, -0.2) is 0 Å². The maximum atomic E-state index is 3.70. The molecule has 1 aromatic rings. The van der Waals surface area contributed by atoms with Crippen molar-refractivity contribution >= 4 is 0 Å². The molecule has 0 heterocycles. The summed E-state index contributed by atoms with van der Waals surface area (Å²) in [5, 5.41) is 0. The zero-order chi connectivity index (χ0) is 6.53. The third-order valence-electron chi connectivity index (χ3n) is 0.936. The van der Waals surface area contributed by atoms with Gasteiger partial charge >= 0.3 is 65.8 Å². The van der Waals surface area contributed by atoms with Crippen molar-refractivity contribution < 1.29 is 21.2 Å². The van der Waals surface area contributed by atoms with Gasteiger partial charge in [0, 0.05) is 0 Å². The van der Waals surface area contributed by atoms with Crippen LogP contribution < -0.4 is 21.2 Å². The normalized spacial score (nSPS) is 9.33. The Hall–Kier alpha value is -0.310. The van der Waals surface area contributed by atoms with E-state index in [4.69, 9.17) is 0 Å². The van der Waals surface area contributed by atoms with Gasteiger partial charge in [-0.05, 0) is 0 Å². The monoisotopic (exact) mass is 231 g/mol. The van der Waals surface area contributed by atoms with E-state index in [-0.39, 0.29) is 21.2 Å². The molecule has 0 saturated heterocycles. The summed E-state index contributed by atoms with van der Waals surface area (Å²) in [6.07, 6.45) is 0. The van der Waals surface area contributed by atoms with Crippen LogP contribution in [0.2, 0.25) is 0 Å². The molecule has 1 heteroatoms. The molecule has 0 saturated carbocycles. The van der Waals surface area contributed by atoms with Crippen LogP contribution in [0, 0.1) is 3.57 Å². The molecule has 0 amide bonds. The van der Waals surface area contributed by atoms with E-state index in [1.807, 2.05) is 10.1 Å². The molecule has 9 heavy (non-hydrogen) atoms. The first-order chi connectivity index (χ1) is 4.43. The third kappa shape index (κ3) is 2.18. The molecular weight excluding hydrogens is 223 g/mol. The number of benzene rings is 1. The van der Waals surface area contributed by atoms with Crippen molar-refractivity contribution in [1.29, 1.82) is 0 Å². The van der Waals surface area contributed by atoms with Gasteiger partial charge in [0.1, 0.15) is 0 Å². The summed E-state index contributed by atoms with van der Waals surface area (Å²) in [7, 11) is 0. The van der Waals surface area contributed by atoms with Crippen LogP contribution in [0.1, 0.15) is 0 Å². The zero-order valence-corrected chi connectivity index (χ0v) is 7.21. The van der Waals surface area contributed by atoms with Gasteiger partial charge in [0.2, 0.25) is 0 Å². The van der Waals surface area contributed by atoms with E-state index in [1.54, 1.807) is 0 Å². The van der Waals surface area contributed by atoms with Crippen LogP contribution in [0.3, 0.4) is 0 Å². The van der Waals surface area contributed by atoms with Gasteiger partial charge in [-0.15, -0.1) is 0 Å². The Labute approximate surface area is 65.9 Å². The van der Waals surface area contributed by atoms with Crippen molar-refractivity contribution in [1.82, 2.24) is 0 Å². The quantitative estimate of drug-likeness (QED) is 0.578. The van der Waals surface area contributed by atoms with E-state index in [0.717, 1.165) is 0 Å². The topological polar surface area (TPSA) is 0 Å². The Morgan fingerprint density at radius 2 is 1.89 bits per heavy atom. The van der Waals surface area contributed by atoms with Crippen LogP contribution in [0.5, 0.6) is 0 Å². The predicted octanol–water partition coefficient (Wildman–Crippen LogP) is -0.911. The standard InChI is InChI=1S/C8H8I/c1-2-9-8-6-4-3-5-7-8/h2-7H,1H2/q-1.